The quantitative estimate of drug-likeness (QED) is 0.744. The molecule has 0 radical (unpaired) electrons. The molecule has 2 saturated carbocycles. The maximum Gasteiger partial charge on any atom is 0.306 e. The average Bonchev–Trinajstić information content (AvgIpc) is 2.39. The van der Waals surface area contributed by atoms with Gasteiger partial charge in [-0.05, 0) is 37.5 Å². The fourth-order valence-electron chi connectivity index (χ4n) is 3.32. The number of carbonyl (C=O) groups is 2. The molecule has 0 saturated heterocycles. The molecule has 21 heavy (non-hydrogen) atoms. The predicted octanol–water partition coefficient (Wildman–Crippen LogP) is 3.79. The van der Waals surface area contributed by atoms with Gasteiger partial charge >= 0.3 is 11.9 Å². The molecule has 2 aliphatic rings. The van der Waals surface area contributed by atoms with Crippen LogP contribution in [-0.4, -0.2) is 22.2 Å². The van der Waals surface area contributed by atoms with Crippen molar-refractivity contribution in [2.45, 2.75) is 65.2 Å². The summed E-state index contributed by atoms with van der Waals surface area (Å²) in [4.78, 5) is 21.0. The zero-order chi connectivity index (χ0) is 15.1. The first kappa shape index (κ1) is 20.6. The molecule has 4 atom stereocenters. The fraction of sp³-hybridized carbons (Fsp3) is 0.875. The van der Waals surface area contributed by atoms with Gasteiger partial charge in [-0.1, -0.05) is 39.5 Å². The Bertz CT molecular complexity index is 300. The van der Waals surface area contributed by atoms with Crippen LogP contribution >= 0.6 is 0 Å². The minimum absolute atomic E-state index is 0. The SMILES string of the molecule is CC1CCCC(C(=O)O)C1.CC1CCCC(C(=O)O)C1.[Zn]. The topological polar surface area (TPSA) is 74.6 Å². The molecule has 5 heteroatoms. The van der Waals surface area contributed by atoms with Crippen molar-refractivity contribution in [3.05, 3.63) is 0 Å². The molecule has 0 amide bonds. The van der Waals surface area contributed by atoms with Crippen LogP contribution in [0.25, 0.3) is 0 Å². The van der Waals surface area contributed by atoms with Crippen molar-refractivity contribution in [1.29, 1.82) is 0 Å². The third kappa shape index (κ3) is 7.94. The molecular weight excluding hydrogens is 322 g/mol. The standard InChI is InChI=1S/2C8H14O2.Zn/c2*1-6-3-2-4-7(5-6)8(9)10;/h2*6-7H,2-5H2,1H3,(H,9,10);. The molecule has 118 valence electrons. The van der Waals surface area contributed by atoms with E-state index in [1.807, 2.05) is 0 Å². The molecule has 2 fully saturated rings. The number of aliphatic carboxylic acids is 2. The van der Waals surface area contributed by atoms with Crippen LogP contribution in [0.3, 0.4) is 0 Å². The van der Waals surface area contributed by atoms with E-state index in [9.17, 15) is 9.59 Å². The molecule has 2 N–H and O–H groups in total. The van der Waals surface area contributed by atoms with Crippen molar-refractivity contribution in [3.8, 4) is 0 Å². The van der Waals surface area contributed by atoms with Crippen molar-refractivity contribution < 1.29 is 39.3 Å². The van der Waals surface area contributed by atoms with Gasteiger partial charge in [0.1, 0.15) is 0 Å². The van der Waals surface area contributed by atoms with Crippen LogP contribution in [0.4, 0.5) is 0 Å². The monoisotopic (exact) mass is 348 g/mol. The summed E-state index contributed by atoms with van der Waals surface area (Å²) in [5.41, 5.74) is 0. The Labute approximate surface area is 140 Å². The number of carboxylic acid groups (broad SMARTS) is 2. The van der Waals surface area contributed by atoms with Crippen LogP contribution in [0.5, 0.6) is 0 Å². The zero-order valence-corrected chi connectivity index (χ0v) is 16.4. The molecule has 4 nitrogen and oxygen atoms in total. The summed E-state index contributed by atoms with van der Waals surface area (Å²) in [5, 5.41) is 17.3. The van der Waals surface area contributed by atoms with Crippen LogP contribution in [0.2, 0.25) is 0 Å². The first-order chi connectivity index (χ1) is 9.40. The predicted molar refractivity (Wildman–Crippen MR) is 77.5 cm³/mol. The summed E-state index contributed by atoms with van der Waals surface area (Å²) in [6.07, 6.45) is 8.16. The van der Waals surface area contributed by atoms with E-state index in [-0.39, 0.29) is 31.3 Å². The van der Waals surface area contributed by atoms with E-state index in [4.69, 9.17) is 10.2 Å². The molecule has 0 aliphatic heterocycles. The summed E-state index contributed by atoms with van der Waals surface area (Å²) in [5.74, 6) is -0.0738. The van der Waals surface area contributed by atoms with Crippen LogP contribution in [-0.2, 0) is 29.1 Å². The molecule has 0 aromatic heterocycles. The molecule has 0 spiro atoms. The van der Waals surface area contributed by atoms with Gasteiger partial charge in [0, 0.05) is 19.5 Å². The Morgan fingerprint density at radius 1 is 0.762 bits per heavy atom. The molecule has 2 rings (SSSR count). The van der Waals surface area contributed by atoms with Crippen molar-refractivity contribution in [3.63, 3.8) is 0 Å². The number of hydrogen-bond acceptors (Lipinski definition) is 2. The summed E-state index contributed by atoms with van der Waals surface area (Å²) in [6.45, 7) is 4.27. The average molecular weight is 350 g/mol. The normalized spacial score (nSPS) is 32.1. The molecule has 0 aromatic carbocycles. The summed E-state index contributed by atoms with van der Waals surface area (Å²) >= 11 is 0. The minimum atomic E-state index is -0.605. The maximum atomic E-state index is 10.5. The van der Waals surface area contributed by atoms with Crippen LogP contribution in [0.15, 0.2) is 0 Å². The van der Waals surface area contributed by atoms with E-state index in [2.05, 4.69) is 13.8 Å². The van der Waals surface area contributed by atoms with E-state index in [1.165, 1.54) is 12.8 Å². The second-order valence-corrected chi connectivity index (χ2v) is 6.61. The Morgan fingerprint density at radius 2 is 1.10 bits per heavy atom. The van der Waals surface area contributed by atoms with Gasteiger partial charge in [-0.15, -0.1) is 0 Å². The Morgan fingerprint density at radius 3 is 1.29 bits per heavy atom. The second kappa shape index (κ2) is 10.3. The van der Waals surface area contributed by atoms with E-state index in [0.717, 1.165) is 38.5 Å². The van der Waals surface area contributed by atoms with E-state index in [1.54, 1.807) is 0 Å². The van der Waals surface area contributed by atoms with Gasteiger partial charge in [0.25, 0.3) is 0 Å². The molecule has 0 aromatic rings. The summed E-state index contributed by atoms with van der Waals surface area (Å²) in [7, 11) is 0. The van der Waals surface area contributed by atoms with E-state index >= 15 is 0 Å². The van der Waals surface area contributed by atoms with Gasteiger partial charge in [-0.2, -0.15) is 0 Å². The number of carboxylic acids is 2. The van der Waals surface area contributed by atoms with Crippen molar-refractivity contribution in [2.75, 3.05) is 0 Å². The van der Waals surface area contributed by atoms with Crippen LogP contribution in [0.1, 0.15) is 65.2 Å². The first-order valence-corrected chi connectivity index (χ1v) is 7.85. The smallest absolute Gasteiger partial charge is 0.306 e. The second-order valence-electron chi connectivity index (χ2n) is 6.61. The summed E-state index contributed by atoms with van der Waals surface area (Å²) in [6, 6.07) is 0. The molecule has 0 heterocycles. The van der Waals surface area contributed by atoms with Crippen molar-refractivity contribution in [2.24, 2.45) is 23.7 Å². The van der Waals surface area contributed by atoms with E-state index in [0.29, 0.717) is 11.8 Å². The van der Waals surface area contributed by atoms with Crippen molar-refractivity contribution in [1.82, 2.24) is 0 Å². The van der Waals surface area contributed by atoms with Gasteiger partial charge in [0.2, 0.25) is 0 Å². The maximum absolute atomic E-state index is 10.5. The molecule has 0 bridgehead atoms. The molecular formula is C16H28O4Zn. The number of hydrogen-bond donors (Lipinski definition) is 2. The van der Waals surface area contributed by atoms with Crippen molar-refractivity contribution >= 4 is 11.9 Å². The Hall–Kier alpha value is -0.437. The Kier molecular flexibility index (Phi) is 10.1. The van der Waals surface area contributed by atoms with Crippen LogP contribution in [0, 0.1) is 23.7 Å². The molecule has 4 unspecified atom stereocenters. The minimum Gasteiger partial charge on any atom is -0.481 e. The summed E-state index contributed by atoms with van der Waals surface area (Å²) < 4.78 is 0. The van der Waals surface area contributed by atoms with Gasteiger partial charge < -0.3 is 10.2 Å². The van der Waals surface area contributed by atoms with E-state index < -0.39 is 11.9 Å². The van der Waals surface area contributed by atoms with Crippen LogP contribution < -0.4 is 0 Å². The molecule has 2 aliphatic carbocycles. The van der Waals surface area contributed by atoms with Gasteiger partial charge in [0.15, 0.2) is 0 Å². The van der Waals surface area contributed by atoms with Gasteiger partial charge in [-0.25, -0.2) is 0 Å². The Balaban J connectivity index is 0.000000364. The largest absolute Gasteiger partial charge is 0.481 e. The third-order valence-electron chi connectivity index (χ3n) is 4.57. The van der Waals surface area contributed by atoms with Gasteiger partial charge in [0.05, 0.1) is 11.8 Å². The first-order valence-electron chi connectivity index (χ1n) is 7.85. The third-order valence-corrected chi connectivity index (χ3v) is 4.57. The number of rotatable bonds is 2. The zero-order valence-electron chi connectivity index (χ0n) is 13.4. The van der Waals surface area contributed by atoms with Gasteiger partial charge in [-0.3, -0.25) is 9.59 Å². The fourth-order valence-corrected chi connectivity index (χ4v) is 3.32.